The van der Waals surface area contributed by atoms with Crippen LogP contribution in [0.2, 0.25) is 0 Å². The number of nitrogens with zero attached hydrogens (tertiary/aromatic N) is 1. The Hall–Kier alpha value is -0.850. The Morgan fingerprint density at radius 3 is 3.00 bits per heavy atom. The van der Waals surface area contributed by atoms with Crippen LogP contribution in [0.4, 0.5) is 0 Å². The molecule has 0 bridgehead atoms. The molecule has 0 radical (unpaired) electrons. The van der Waals surface area contributed by atoms with Gasteiger partial charge in [-0.15, -0.1) is 23.1 Å². The minimum Gasteiger partial charge on any atom is -0.469 e. The quantitative estimate of drug-likeness (QED) is 0.560. The molecule has 1 heterocycles. The van der Waals surface area contributed by atoms with Gasteiger partial charge in [-0.1, -0.05) is 12.1 Å². The lowest BCUT2D eigenvalue weighted by atomic mass is 10.2. The van der Waals surface area contributed by atoms with Crippen LogP contribution in [0.15, 0.2) is 39.0 Å². The van der Waals surface area contributed by atoms with Gasteiger partial charge in [0.05, 0.1) is 25.0 Å². The Bertz CT molecular complexity index is 586. The first-order valence-electron chi connectivity index (χ1n) is 6.06. The molecule has 6 heteroatoms. The summed E-state index contributed by atoms with van der Waals surface area (Å²) in [6.45, 7) is 0. The van der Waals surface area contributed by atoms with Gasteiger partial charge >= 0.3 is 5.97 Å². The summed E-state index contributed by atoms with van der Waals surface area (Å²) in [5, 5.41) is 3.09. The Labute approximate surface area is 134 Å². The second-order valence-electron chi connectivity index (χ2n) is 4.03. The van der Waals surface area contributed by atoms with Crippen LogP contribution in [-0.4, -0.2) is 18.1 Å². The van der Waals surface area contributed by atoms with E-state index in [4.69, 9.17) is 0 Å². The van der Waals surface area contributed by atoms with Gasteiger partial charge < -0.3 is 4.74 Å². The number of benzene rings is 1. The van der Waals surface area contributed by atoms with Gasteiger partial charge in [0.2, 0.25) is 0 Å². The smallest absolute Gasteiger partial charge is 0.305 e. The van der Waals surface area contributed by atoms with Crippen molar-refractivity contribution in [2.24, 2.45) is 0 Å². The number of halogens is 1. The number of carbonyl (C=O) groups is 1. The van der Waals surface area contributed by atoms with E-state index >= 15 is 0 Å². The van der Waals surface area contributed by atoms with E-state index in [-0.39, 0.29) is 5.97 Å². The third-order valence-electron chi connectivity index (χ3n) is 2.60. The lowest BCUT2D eigenvalue weighted by molar-refractivity contribution is -0.140. The number of hydrogen-bond donors (Lipinski definition) is 0. The monoisotopic (exact) mass is 371 g/mol. The molecule has 3 nitrogen and oxygen atoms in total. The second-order valence-corrected chi connectivity index (χ2v) is 6.84. The highest BCUT2D eigenvalue weighted by molar-refractivity contribution is 9.10. The lowest BCUT2D eigenvalue weighted by Gasteiger charge is -2.01. The van der Waals surface area contributed by atoms with E-state index in [1.165, 1.54) is 12.0 Å². The summed E-state index contributed by atoms with van der Waals surface area (Å²) in [4.78, 5) is 16.8. The molecule has 0 spiro atoms. The largest absolute Gasteiger partial charge is 0.469 e. The van der Waals surface area contributed by atoms with Gasteiger partial charge in [0.25, 0.3) is 0 Å². The van der Waals surface area contributed by atoms with Gasteiger partial charge in [0.1, 0.15) is 5.01 Å². The maximum atomic E-state index is 11.1. The van der Waals surface area contributed by atoms with Crippen LogP contribution >= 0.6 is 39.0 Å². The molecule has 0 unspecified atom stereocenters. The maximum absolute atomic E-state index is 11.1. The molecule has 0 aliphatic heterocycles. The summed E-state index contributed by atoms with van der Waals surface area (Å²) in [5.41, 5.74) is 0.961. The van der Waals surface area contributed by atoms with Gasteiger partial charge in [-0.2, -0.15) is 0 Å². The highest BCUT2D eigenvalue weighted by atomic mass is 79.9. The van der Waals surface area contributed by atoms with E-state index in [0.717, 1.165) is 20.9 Å². The number of esters is 1. The molecule has 0 aliphatic carbocycles. The normalized spacial score (nSPS) is 10.5. The van der Waals surface area contributed by atoms with Crippen molar-refractivity contribution in [3.63, 3.8) is 0 Å². The number of ether oxygens (including phenoxy) is 1. The molecule has 106 valence electrons. The van der Waals surface area contributed by atoms with Gasteiger partial charge in [-0.3, -0.25) is 4.79 Å². The fraction of sp³-hybridized carbons (Fsp3) is 0.286. The van der Waals surface area contributed by atoms with Crippen LogP contribution < -0.4 is 0 Å². The molecule has 20 heavy (non-hydrogen) atoms. The summed E-state index contributed by atoms with van der Waals surface area (Å²) >= 11 is 6.92. The highest BCUT2D eigenvalue weighted by Gasteiger charge is 2.07. The van der Waals surface area contributed by atoms with E-state index in [0.29, 0.717) is 12.8 Å². The van der Waals surface area contributed by atoms with E-state index in [1.807, 2.05) is 23.6 Å². The Balaban J connectivity index is 1.87. The SMILES string of the molecule is COC(=O)CCc1csc(CSc2ccccc2Br)n1. The van der Waals surface area contributed by atoms with Crippen LogP contribution in [0.5, 0.6) is 0 Å². The van der Waals surface area contributed by atoms with Crippen molar-refractivity contribution in [2.45, 2.75) is 23.5 Å². The summed E-state index contributed by atoms with van der Waals surface area (Å²) in [7, 11) is 1.41. The van der Waals surface area contributed by atoms with Crippen molar-refractivity contribution in [2.75, 3.05) is 7.11 Å². The number of carbonyl (C=O) groups excluding carboxylic acids is 1. The zero-order chi connectivity index (χ0) is 14.4. The molecule has 1 aromatic heterocycles. The van der Waals surface area contributed by atoms with E-state index in [2.05, 4.69) is 31.7 Å². The highest BCUT2D eigenvalue weighted by Crippen LogP contribution is 2.30. The molecule has 0 saturated carbocycles. The zero-order valence-electron chi connectivity index (χ0n) is 11.0. The first-order valence-corrected chi connectivity index (χ1v) is 8.72. The van der Waals surface area contributed by atoms with E-state index in [1.54, 1.807) is 23.1 Å². The van der Waals surface area contributed by atoms with Gasteiger partial charge in [0, 0.05) is 21.2 Å². The van der Waals surface area contributed by atoms with Crippen molar-refractivity contribution in [1.82, 2.24) is 4.98 Å². The van der Waals surface area contributed by atoms with Crippen LogP contribution in [0.1, 0.15) is 17.1 Å². The topological polar surface area (TPSA) is 39.2 Å². The summed E-state index contributed by atoms with van der Waals surface area (Å²) in [5.74, 6) is 0.646. The lowest BCUT2D eigenvalue weighted by Crippen LogP contribution is -2.02. The summed E-state index contributed by atoms with van der Waals surface area (Å²) in [6.07, 6.45) is 1.03. The zero-order valence-corrected chi connectivity index (χ0v) is 14.2. The van der Waals surface area contributed by atoms with Gasteiger partial charge in [0.15, 0.2) is 0 Å². The van der Waals surface area contributed by atoms with Crippen LogP contribution in [0, 0.1) is 0 Å². The average molecular weight is 372 g/mol. The fourth-order valence-corrected chi connectivity index (χ4v) is 3.98. The van der Waals surface area contributed by atoms with Crippen LogP contribution in [0.25, 0.3) is 0 Å². The fourth-order valence-electron chi connectivity index (χ4n) is 1.56. The molecule has 2 rings (SSSR count). The first kappa shape index (κ1) is 15.5. The van der Waals surface area contributed by atoms with Crippen LogP contribution in [0.3, 0.4) is 0 Å². The Kier molecular flexibility index (Phi) is 6.06. The second kappa shape index (κ2) is 7.81. The van der Waals surface area contributed by atoms with Crippen molar-refractivity contribution in [3.8, 4) is 0 Å². The third-order valence-corrected chi connectivity index (χ3v) is 5.72. The van der Waals surface area contributed by atoms with Gasteiger partial charge in [-0.05, 0) is 28.1 Å². The molecular weight excluding hydrogens is 358 g/mol. The number of rotatable bonds is 6. The number of thioether (sulfide) groups is 1. The molecule has 0 aliphatic rings. The minimum absolute atomic E-state index is 0.192. The molecule has 0 amide bonds. The standard InChI is InChI=1S/C14H14BrNO2S2/c1-18-14(17)7-6-10-8-20-13(16-10)9-19-12-5-3-2-4-11(12)15/h2-5,8H,6-7,9H2,1H3. The summed E-state index contributed by atoms with van der Waals surface area (Å²) < 4.78 is 5.73. The Morgan fingerprint density at radius 2 is 2.25 bits per heavy atom. The number of methoxy groups -OCH3 is 1. The van der Waals surface area contributed by atoms with E-state index in [9.17, 15) is 4.79 Å². The average Bonchev–Trinajstić information content (AvgIpc) is 2.92. The molecule has 1 aromatic carbocycles. The molecule has 0 fully saturated rings. The number of aromatic nitrogens is 1. The first-order chi connectivity index (χ1) is 9.69. The predicted octanol–water partition coefficient (Wildman–Crippen LogP) is 4.30. The maximum Gasteiger partial charge on any atom is 0.305 e. The van der Waals surface area contributed by atoms with Crippen molar-refractivity contribution in [1.29, 1.82) is 0 Å². The minimum atomic E-state index is -0.192. The van der Waals surface area contributed by atoms with Gasteiger partial charge in [-0.25, -0.2) is 4.98 Å². The molecule has 0 atom stereocenters. The van der Waals surface area contributed by atoms with Crippen molar-refractivity contribution < 1.29 is 9.53 Å². The molecule has 0 N–H and O–H groups in total. The van der Waals surface area contributed by atoms with Crippen LogP contribution in [-0.2, 0) is 21.7 Å². The Morgan fingerprint density at radius 1 is 1.45 bits per heavy atom. The number of aryl methyl sites for hydroxylation is 1. The predicted molar refractivity (Wildman–Crippen MR) is 86.2 cm³/mol. The summed E-state index contributed by atoms with van der Waals surface area (Å²) in [6, 6.07) is 8.14. The molecular formula is C14H14BrNO2S2. The molecule has 0 saturated heterocycles. The van der Waals surface area contributed by atoms with Crippen molar-refractivity contribution in [3.05, 3.63) is 44.8 Å². The van der Waals surface area contributed by atoms with Crippen molar-refractivity contribution >= 4 is 45.0 Å². The number of thiazole rings is 1. The third kappa shape index (κ3) is 4.61. The number of hydrogen-bond acceptors (Lipinski definition) is 5. The molecule has 2 aromatic rings. The van der Waals surface area contributed by atoms with E-state index < -0.39 is 0 Å².